The van der Waals surface area contributed by atoms with Gasteiger partial charge in [0.2, 0.25) is 0 Å². The monoisotopic (exact) mass is 264 g/mol. The first-order valence-electron chi connectivity index (χ1n) is 6.95. The van der Waals surface area contributed by atoms with Crippen molar-refractivity contribution in [2.75, 3.05) is 0 Å². The first kappa shape index (κ1) is 14.3. The predicted octanol–water partition coefficient (Wildman–Crippen LogP) is 2.61. The summed E-state index contributed by atoms with van der Waals surface area (Å²) in [5.41, 5.74) is 0.165. The molecule has 1 N–H and O–H groups in total. The number of ketones is 1. The normalized spacial score (nSPS) is 16.7. The minimum atomic E-state index is -0.484. The minimum Gasteiger partial charge on any atom is -0.361 e. The molecule has 0 aliphatic heterocycles. The molecule has 1 aliphatic rings. The molecule has 1 saturated carbocycles. The van der Waals surface area contributed by atoms with Crippen molar-refractivity contribution in [3.63, 3.8) is 0 Å². The van der Waals surface area contributed by atoms with Crippen LogP contribution in [-0.2, 0) is 16.6 Å². The minimum absolute atomic E-state index is 0.0733. The highest BCUT2D eigenvalue weighted by molar-refractivity contribution is 5.89. The second-order valence-electron chi connectivity index (χ2n) is 7.08. The van der Waals surface area contributed by atoms with Crippen molar-refractivity contribution in [3.8, 4) is 0 Å². The zero-order chi connectivity index (χ0) is 14.3. The second kappa shape index (κ2) is 4.75. The molecule has 4 heteroatoms. The van der Waals surface area contributed by atoms with E-state index in [1.807, 2.05) is 19.9 Å². The molecule has 0 aromatic carbocycles. The van der Waals surface area contributed by atoms with Crippen LogP contribution in [0.3, 0.4) is 0 Å². The smallest absolute Gasteiger partial charge is 0.158 e. The molecule has 0 bridgehead atoms. The van der Waals surface area contributed by atoms with Crippen LogP contribution in [0.1, 0.15) is 58.9 Å². The third-order valence-corrected chi connectivity index (χ3v) is 3.48. The lowest BCUT2D eigenvalue weighted by Gasteiger charge is -2.24. The van der Waals surface area contributed by atoms with Crippen molar-refractivity contribution >= 4 is 5.78 Å². The van der Waals surface area contributed by atoms with Crippen molar-refractivity contribution in [2.24, 2.45) is 0 Å². The predicted molar refractivity (Wildman–Crippen MR) is 74.2 cm³/mol. The van der Waals surface area contributed by atoms with Crippen LogP contribution in [0.5, 0.6) is 0 Å². The van der Waals surface area contributed by atoms with Gasteiger partial charge in [-0.25, -0.2) is 0 Å². The van der Waals surface area contributed by atoms with Crippen LogP contribution in [0, 0.1) is 0 Å². The van der Waals surface area contributed by atoms with Crippen LogP contribution in [0.2, 0.25) is 0 Å². The summed E-state index contributed by atoms with van der Waals surface area (Å²) in [6.07, 6.45) is 2.68. The maximum absolute atomic E-state index is 12.3. The molecule has 0 radical (unpaired) electrons. The highest BCUT2D eigenvalue weighted by Gasteiger charge is 2.34. The molecule has 1 fully saturated rings. The maximum Gasteiger partial charge on any atom is 0.158 e. The largest absolute Gasteiger partial charge is 0.361 e. The molecule has 0 amide bonds. The third-order valence-electron chi connectivity index (χ3n) is 3.48. The molecule has 0 spiro atoms. The van der Waals surface area contributed by atoms with Crippen molar-refractivity contribution < 1.29 is 9.32 Å². The highest BCUT2D eigenvalue weighted by atomic mass is 16.5. The van der Waals surface area contributed by atoms with Gasteiger partial charge in [0, 0.05) is 17.5 Å². The van der Waals surface area contributed by atoms with E-state index in [1.165, 1.54) is 12.8 Å². The van der Waals surface area contributed by atoms with Crippen LogP contribution >= 0.6 is 0 Å². The Kier molecular flexibility index (Phi) is 3.56. The fourth-order valence-electron chi connectivity index (χ4n) is 1.95. The number of nitrogens with zero attached hydrogens (tertiary/aromatic N) is 1. The van der Waals surface area contributed by atoms with E-state index in [0.29, 0.717) is 12.5 Å². The number of carbonyl (C=O) groups is 1. The van der Waals surface area contributed by atoms with E-state index in [9.17, 15) is 4.79 Å². The van der Waals surface area contributed by atoms with E-state index in [-0.39, 0.29) is 11.2 Å². The van der Waals surface area contributed by atoms with E-state index < -0.39 is 5.54 Å². The van der Waals surface area contributed by atoms with Gasteiger partial charge in [0.05, 0.1) is 17.7 Å². The molecule has 0 saturated heterocycles. The summed E-state index contributed by atoms with van der Waals surface area (Å²) in [6, 6.07) is 2.41. The molecular formula is C15H24N2O2. The molecule has 1 heterocycles. The molecule has 1 aromatic heterocycles. The lowest BCUT2D eigenvalue weighted by molar-refractivity contribution is -0.123. The Bertz CT molecular complexity index is 465. The van der Waals surface area contributed by atoms with Gasteiger partial charge in [0.1, 0.15) is 5.76 Å². The number of hydrogen-bond acceptors (Lipinski definition) is 4. The zero-order valence-corrected chi connectivity index (χ0v) is 12.5. The van der Waals surface area contributed by atoms with E-state index in [2.05, 4.69) is 31.2 Å². The molecule has 0 atom stereocenters. The van der Waals surface area contributed by atoms with Gasteiger partial charge >= 0.3 is 0 Å². The lowest BCUT2D eigenvalue weighted by Crippen LogP contribution is -2.48. The van der Waals surface area contributed by atoms with Gasteiger partial charge < -0.3 is 9.84 Å². The lowest BCUT2D eigenvalue weighted by atomic mass is 9.91. The molecule has 0 unspecified atom stereocenters. The summed E-state index contributed by atoms with van der Waals surface area (Å²) >= 11 is 0. The summed E-state index contributed by atoms with van der Waals surface area (Å²) in [5.74, 6) is 0.983. The molecule has 1 aromatic rings. The summed E-state index contributed by atoms with van der Waals surface area (Å²) < 4.78 is 5.31. The zero-order valence-electron chi connectivity index (χ0n) is 12.5. The van der Waals surface area contributed by atoms with E-state index in [1.54, 1.807) is 0 Å². The van der Waals surface area contributed by atoms with E-state index in [4.69, 9.17) is 4.52 Å². The Labute approximate surface area is 114 Å². The third kappa shape index (κ3) is 3.66. The first-order valence-corrected chi connectivity index (χ1v) is 6.95. The number of rotatable bonds is 5. The summed E-state index contributed by atoms with van der Waals surface area (Å²) in [5, 5.41) is 7.39. The van der Waals surface area contributed by atoms with Crippen LogP contribution in [-0.4, -0.2) is 22.5 Å². The molecule has 19 heavy (non-hydrogen) atoms. The van der Waals surface area contributed by atoms with Crippen molar-refractivity contribution in [3.05, 3.63) is 17.5 Å². The second-order valence-corrected chi connectivity index (χ2v) is 7.08. The van der Waals surface area contributed by atoms with E-state index >= 15 is 0 Å². The van der Waals surface area contributed by atoms with Gasteiger partial charge in [-0.1, -0.05) is 25.9 Å². The summed E-state index contributed by atoms with van der Waals surface area (Å²) in [7, 11) is 0. The van der Waals surface area contributed by atoms with Crippen LogP contribution in [0.15, 0.2) is 10.6 Å². The standard InChI is InChI=1S/C15H24N2O2/c1-14(2,3)13-9-11(17-19-13)8-12(18)15(4,5)16-10-6-7-10/h9-10,16H,6-8H2,1-5H3. The van der Waals surface area contributed by atoms with Gasteiger partial charge in [-0.3, -0.25) is 4.79 Å². The number of Topliss-reactive ketones (excluding diaryl/α,β-unsaturated/α-hetero) is 1. The number of hydrogen-bond donors (Lipinski definition) is 1. The topological polar surface area (TPSA) is 55.1 Å². The van der Waals surface area contributed by atoms with Crippen LogP contribution in [0.25, 0.3) is 0 Å². The van der Waals surface area contributed by atoms with Gasteiger partial charge in [-0.15, -0.1) is 0 Å². The summed E-state index contributed by atoms with van der Waals surface area (Å²) in [4.78, 5) is 12.3. The Balaban J connectivity index is 2.00. The molecule has 4 nitrogen and oxygen atoms in total. The Morgan fingerprint density at radius 1 is 1.37 bits per heavy atom. The highest BCUT2D eigenvalue weighted by Crippen LogP contribution is 2.25. The average Bonchev–Trinajstić information content (AvgIpc) is 2.92. The maximum atomic E-state index is 12.3. The average molecular weight is 264 g/mol. The SMILES string of the molecule is CC(C)(NC1CC1)C(=O)Cc1cc(C(C)(C)C)on1. The number of nitrogens with one attached hydrogen (secondary N) is 1. The Morgan fingerprint density at radius 2 is 2.00 bits per heavy atom. The molecule has 2 rings (SSSR count). The number of aromatic nitrogens is 1. The van der Waals surface area contributed by atoms with Crippen molar-refractivity contribution in [1.82, 2.24) is 10.5 Å². The van der Waals surface area contributed by atoms with Gasteiger partial charge in [0.15, 0.2) is 5.78 Å². The number of carbonyl (C=O) groups excluding carboxylic acids is 1. The van der Waals surface area contributed by atoms with Gasteiger partial charge in [0.25, 0.3) is 0 Å². The summed E-state index contributed by atoms with van der Waals surface area (Å²) in [6.45, 7) is 10.1. The fourth-order valence-corrected chi connectivity index (χ4v) is 1.95. The first-order chi connectivity index (χ1) is 8.68. The fraction of sp³-hybridized carbons (Fsp3) is 0.733. The van der Waals surface area contributed by atoms with E-state index in [0.717, 1.165) is 11.5 Å². The molecular weight excluding hydrogens is 240 g/mol. The van der Waals surface area contributed by atoms with Gasteiger partial charge in [-0.05, 0) is 26.7 Å². The quantitative estimate of drug-likeness (QED) is 0.888. The van der Waals surface area contributed by atoms with Gasteiger partial charge in [-0.2, -0.15) is 0 Å². The Hall–Kier alpha value is -1.16. The van der Waals surface area contributed by atoms with Crippen molar-refractivity contribution in [2.45, 2.75) is 70.9 Å². The van der Waals surface area contributed by atoms with Crippen LogP contribution < -0.4 is 5.32 Å². The van der Waals surface area contributed by atoms with Crippen LogP contribution in [0.4, 0.5) is 0 Å². The molecule has 1 aliphatic carbocycles. The van der Waals surface area contributed by atoms with Crippen molar-refractivity contribution in [1.29, 1.82) is 0 Å². The Morgan fingerprint density at radius 3 is 2.47 bits per heavy atom. The molecule has 106 valence electrons.